The molecule has 0 aliphatic heterocycles. The van der Waals surface area contributed by atoms with E-state index in [1.807, 2.05) is 0 Å². The Morgan fingerprint density at radius 1 is 1.33 bits per heavy atom. The maximum absolute atomic E-state index is 12.5. The molecule has 0 spiro atoms. The van der Waals surface area contributed by atoms with Crippen molar-refractivity contribution in [3.63, 3.8) is 0 Å². The molecule has 0 saturated carbocycles. The molecule has 1 aromatic heterocycles. The summed E-state index contributed by atoms with van der Waals surface area (Å²) >= 11 is 0.548. The topological polar surface area (TPSA) is 38.3 Å². The normalized spacial score (nSPS) is 12.4. The molecule has 18 heavy (non-hydrogen) atoms. The van der Waals surface area contributed by atoms with Crippen LogP contribution in [-0.4, -0.2) is 11.7 Å². The Kier molecular flexibility index (Phi) is 3.95. The van der Waals surface area contributed by atoms with Gasteiger partial charge in [-0.05, 0) is 33.3 Å². The molecule has 0 bridgehead atoms. The second-order valence-corrected chi connectivity index (χ2v) is 5.61. The molecule has 1 rings (SSSR count). The number of carbonyl (C=O) groups is 1. The Morgan fingerprint density at radius 3 is 2.28 bits per heavy atom. The summed E-state index contributed by atoms with van der Waals surface area (Å²) in [6.07, 6.45) is -5.17. The first-order valence-corrected chi connectivity index (χ1v) is 6.04. The van der Waals surface area contributed by atoms with Gasteiger partial charge >= 0.3 is 12.3 Å². The fraction of sp³-hybridized carbons (Fsp3) is 0.545. The lowest BCUT2D eigenvalue weighted by atomic mass is 10.2. The molecule has 1 heterocycles. The number of carbonyl (C=O) groups excluding carboxylic acids is 1. The summed E-state index contributed by atoms with van der Waals surface area (Å²) in [5, 5.41) is 3.56. The SMILES string of the molecule is Cc1c(NC(=O)OC(C)(C)C)csc1C(F)(F)F. The maximum atomic E-state index is 12.5. The van der Waals surface area contributed by atoms with Gasteiger partial charge in [0.05, 0.1) is 5.69 Å². The lowest BCUT2D eigenvalue weighted by molar-refractivity contribution is -0.134. The molecule has 0 unspecified atom stereocenters. The third kappa shape index (κ3) is 3.90. The summed E-state index contributed by atoms with van der Waals surface area (Å²) in [5.74, 6) is 0. The molecule has 0 aromatic carbocycles. The molecule has 3 nitrogen and oxygen atoms in total. The first-order chi connectivity index (χ1) is 8.00. The molecule has 0 fully saturated rings. The summed E-state index contributed by atoms with van der Waals surface area (Å²) in [6, 6.07) is 0. The van der Waals surface area contributed by atoms with Crippen LogP contribution in [0.2, 0.25) is 0 Å². The molecule has 7 heteroatoms. The fourth-order valence-corrected chi connectivity index (χ4v) is 2.12. The van der Waals surface area contributed by atoms with E-state index in [4.69, 9.17) is 4.74 Å². The van der Waals surface area contributed by atoms with E-state index in [0.29, 0.717) is 11.3 Å². The quantitative estimate of drug-likeness (QED) is 0.827. The highest BCUT2D eigenvalue weighted by atomic mass is 32.1. The predicted molar refractivity (Wildman–Crippen MR) is 63.9 cm³/mol. The van der Waals surface area contributed by atoms with Gasteiger partial charge in [-0.2, -0.15) is 13.2 Å². The second-order valence-electron chi connectivity index (χ2n) is 4.73. The number of halogens is 3. The van der Waals surface area contributed by atoms with Gasteiger partial charge in [-0.25, -0.2) is 4.79 Å². The molecule has 0 aliphatic carbocycles. The van der Waals surface area contributed by atoms with Gasteiger partial charge < -0.3 is 4.74 Å². The molecule has 1 amide bonds. The zero-order valence-electron chi connectivity index (χ0n) is 10.4. The van der Waals surface area contributed by atoms with Crippen LogP contribution in [0.4, 0.5) is 23.7 Å². The average Bonchev–Trinajstić information content (AvgIpc) is 2.43. The largest absolute Gasteiger partial charge is 0.444 e. The van der Waals surface area contributed by atoms with Gasteiger partial charge in [0.2, 0.25) is 0 Å². The fourth-order valence-electron chi connectivity index (χ4n) is 1.23. The van der Waals surface area contributed by atoms with Crippen LogP contribution in [0.5, 0.6) is 0 Å². The van der Waals surface area contributed by atoms with Gasteiger partial charge in [-0.1, -0.05) is 0 Å². The molecule has 0 aliphatic rings. The number of rotatable bonds is 1. The number of amides is 1. The number of thiophene rings is 1. The van der Waals surface area contributed by atoms with E-state index in [9.17, 15) is 18.0 Å². The summed E-state index contributed by atoms with van der Waals surface area (Å²) in [6.45, 7) is 6.34. The van der Waals surface area contributed by atoms with Crippen molar-refractivity contribution in [3.8, 4) is 0 Å². The van der Waals surface area contributed by atoms with E-state index in [1.165, 1.54) is 12.3 Å². The summed E-state index contributed by atoms with van der Waals surface area (Å²) in [5.41, 5.74) is -0.569. The van der Waals surface area contributed by atoms with Crippen molar-refractivity contribution in [3.05, 3.63) is 15.8 Å². The number of nitrogens with one attached hydrogen (secondary N) is 1. The highest BCUT2D eigenvalue weighted by molar-refractivity contribution is 7.10. The number of anilines is 1. The van der Waals surface area contributed by atoms with Crippen molar-refractivity contribution in [1.29, 1.82) is 0 Å². The minimum atomic E-state index is -4.40. The van der Waals surface area contributed by atoms with Crippen molar-refractivity contribution in [2.24, 2.45) is 0 Å². The Balaban J connectivity index is 2.82. The first-order valence-electron chi connectivity index (χ1n) is 5.16. The molecule has 0 radical (unpaired) electrons. The van der Waals surface area contributed by atoms with E-state index in [2.05, 4.69) is 5.32 Å². The van der Waals surface area contributed by atoms with Gasteiger partial charge in [0, 0.05) is 5.38 Å². The van der Waals surface area contributed by atoms with Crippen LogP contribution in [0.1, 0.15) is 31.2 Å². The van der Waals surface area contributed by atoms with Gasteiger partial charge in [0.25, 0.3) is 0 Å². The summed E-state index contributed by atoms with van der Waals surface area (Å²) in [7, 11) is 0. The Hall–Kier alpha value is -1.24. The zero-order chi connectivity index (χ0) is 14.1. The predicted octanol–water partition coefficient (Wildman–Crippen LogP) is 4.42. The second kappa shape index (κ2) is 4.79. The third-order valence-electron chi connectivity index (χ3n) is 1.93. The van der Waals surface area contributed by atoms with Crippen molar-refractivity contribution >= 4 is 23.1 Å². The van der Waals surface area contributed by atoms with Gasteiger partial charge in [0.1, 0.15) is 10.5 Å². The minimum absolute atomic E-state index is 0.00152. The molecular formula is C11H14F3NO2S. The van der Waals surface area contributed by atoms with Crippen LogP contribution in [0.15, 0.2) is 5.38 Å². The minimum Gasteiger partial charge on any atom is -0.444 e. The van der Waals surface area contributed by atoms with Crippen LogP contribution in [0.25, 0.3) is 0 Å². The van der Waals surface area contributed by atoms with Crippen LogP contribution in [0, 0.1) is 6.92 Å². The highest BCUT2D eigenvalue weighted by Crippen LogP contribution is 2.39. The van der Waals surface area contributed by atoms with E-state index < -0.39 is 22.7 Å². The van der Waals surface area contributed by atoms with Crippen LogP contribution in [0.3, 0.4) is 0 Å². The number of hydrogen-bond acceptors (Lipinski definition) is 3. The lowest BCUT2D eigenvalue weighted by Gasteiger charge is -2.19. The van der Waals surface area contributed by atoms with Crippen molar-refractivity contribution < 1.29 is 22.7 Å². The summed E-state index contributed by atoms with van der Waals surface area (Å²) < 4.78 is 42.6. The Labute approximate surface area is 107 Å². The molecule has 0 saturated heterocycles. The molecular weight excluding hydrogens is 267 g/mol. The standard InChI is InChI=1S/C11H14F3NO2S/c1-6-7(5-18-8(6)11(12,13)14)15-9(16)17-10(2,3)4/h5H,1-4H3,(H,15,16). The van der Waals surface area contributed by atoms with Gasteiger partial charge in [-0.15, -0.1) is 11.3 Å². The monoisotopic (exact) mass is 281 g/mol. The van der Waals surface area contributed by atoms with Crippen LogP contribution >= 0.6 is 11.3 Å². The van der Waals surface area contributed by atoms with Crippen molar-refractivity contribution in [2.45, 2.75) is 39.5 Å². The van der Waals surface area contributed by atoms with Crippen LogP contribution < -0.4 is 5.32 Å². The van der Waals surface area contributed by atoms with Gasteiger partial charge in [0.15, 0.2) is 0 Å². The highest BCUT2D eigenvalue weighted by Gasteiger charge is 2.35. The molecule has 102 valence electrons. The number of hydrogen-bond donors (Lipinski definition) is 1. The van der Waals surface area contributed by atoms with Crippen molar-refractivity contribution in [2.75, 3.05) is 5.32 Å². The maximum Gasteiger partial charge on any atom is 0.425 e. The van der Waals surface area contributed by atoms with E-state index in [0.717, 1.165) is 0 Å². The van der Waals surface area contributed by atoms with Gasteiger partial charge in [-0.3, -0.25) is 5.32 Å². The molecule has 1 aromatic rings. The smallest absolute Gasteiger partial charge is 0.425 e. The van der Waals surface area contributed by atoms with E-state index in [1.54, 1.807) is 20.8 Å². The molecule has 0 atom stereocenters. The van der Waals surface area contributed by atoms with Crippen LogP contribution in [-0.2, 0) is 10.9 Å². The van der Waals surface area contributed by atoms with Crippen molar-refractivity contribution in [1.82, 2.24) is 0 Å². The Morgan fingerprint density at radius 2 is 1.89 bits per heavy atom. The first kappa shape index (κ1) is 14.8. The van der Waals surface area contributed by atoms with E-state index in [-0.39, 0.29) is 11.3 Å². The average molecular weight is 281 g/mol. The van der Waals surface area contributed by atoms with E-state index >= 15 is 0 Å². The number of ether oxygens (including phenoxy) is 1. The third-order valence-corrected chi connectivity index (χ3v) is 3.06. The summed E-state index contributed by atoms with van der Waals surface area (Å²) in [4.78, 5) is 10.7. The Bertz CT molecular complexity index is 446. The number of alkyl halides is 3. The zero-order valence-corrected chi connectivity index (χ0v) is 11.3. The lowest BCUT2D eigenvalue weighted by Crippen LogP contribution is -2.27. The molecule has 1 N–H and O–H groups in total.